The van der Waals surface area contributed by atoms with Crippen molar-refractivity contribution >= 4 is 10.8 Å². The normalized spacial score (nSPS) is 17.7. The maximum Gasteiger partial charge on any atom is 0.226 e. The van der Waals surface area contributed by atoms with Crippen LogP contribution in [0.4, 0.5) is 0 Å². The largest absolute Gasteiger partial charge is 0.444 e. The summed E-state index contributed by atoms with van der Waals surface area (Å²) in [5, 5.41) is 0. The fraction of sp³-hybridized carbons (Fsp3) is 0.471. The van der Waals surface area contributed by atoms with Gasteiger partial charge in [-0.1, -0.05) is 37.5 Å². The van der Waals surface area contributed by atoms with Crippen LogP contribution in [0.5, 0.6) is 0 Å². The second kappa shape index (κ2) is 7.03. The van der Waals surface area contributed by atoms with E-state index in [0.717, 1.165) is 17.0 Å². The molecule has 0 aliphatic heterocycles. The zero-order chi connectivity index (χ0) is 14.5. The van der Waals surface area contributed by atoms with Crippen molar-refractivity contribution in [3.05, 3.63) is 42.3 Å². The van der Waals surface area contributed by atoms with E-state index in [1.54, 1.807) is 6.26 Å². The molecule has 1 aliphatic rings. The third-order valence-electron chi connectivity index (χ3n) is 4.03. The first-order valence-electron chi connectivity index (χ1n) is 7.66. The predicted octanol–water partition coefficient (Wildman–Crippen LogP) is 4.17. The summed E-state index contributed by atoms with van der Waals surface area (Å²) in [5.74, 6) is 2.57. The summed E-state index contributed by atoms with van der Waals surface area (Å²) in [6.45, 7) is 0. The maximum absolute atomic E-state index is 12.3. The highest BCUT2D eigenvalue weighted by molar-refractivity contribution is 7.84. The molecule has 1 aromatic heterocycles. The third-order valence-corrected chi connectivity index (χ3v) is 5.49. The molecule has 0 unspecified atom stereocenters. The van der Waals surface area contributed by atoms with Crippen LogP contribution in [-0.2, 0) is 16.6 Å². The molecule has 0 bridgehead atoms. The summed E-state index contributed by atoms with van der Waals surface area (Å²) in [7, 11) is -0.834. The van der Waals surface area contributed by atoms with Crippen molar-refractivity contribution in [2.24, 2.45) is 5.92 Å². The molecule has 2 aromatic rings. The molecule has 1 heterocycles. The van der Waals surface area contributed by atoms with E-state index in [-0.39, 0.29) is 0 Å². The van der Waals surface area contributed by atoms with Gasteiger partial charge in [0.05, 0.1) is 11.4 Å². The van der Waals surface area contributed by atoms with Gasteiger partial charge in [0.25, 0.3) is 0 Å². The number of hydrogen-bond acceptors (Lipinski definition) is 3. The summed E-state index contributed by atoms with van der Waals surface area (Å²) in [5.41, 5.74) is 1.75. The summed E-state index contributed by atoms with van der Waals surface area (Å²) in [6, 6.07) is 9.82. The lowest BCUT2D eigenvalue weighted by Gasteiger charge is -2.20. The molecular weight excluding hydrogens is 282 g/mol. The molecule has 0 N–H and O–H groups in total. The van der Waals surface area contributed by atoms with E-state index in [1.165, 1.54) is 32.1 Å². The fourth-order valence-corrected chi connectivity index (χ4v) is 4.37. The Bertz CT molecular complexity index is 588. The van der Waals surface area contributed by atoms with Crippen LogP contribution in [0.3, 0.4) is 0 Å². The van der Waals surface area contributed by atoms with Crippen LogP contribution in [-0.4, -0.2) is 14.9 Å². The van der Waals surface area contributed by atoms with Crippen molar-refractivity contribution in [2.45, 2.75) is 37.9 Å². The van der Waals surface area contributed by atoms with Crippen LogP contribution in [0.15, 0.2) is 41.0 Å². The van der Waals surface area contributed by atoms with E-state index in [0.29, 0.717) is 17.6 Å². The van der Waals surface area contributed by atoms with E-state index in [9.17, 15) is 4.21 Å². The molecule has 1 fully saturated rings. The van der Waals surface area contributed by atoms with Gasteiger partial charge in [-0.05, 0) is 30.9 Å². The minimum Gasteiger partial charge on any atom is -0.444 e. The quantitative estimate of drug-likeness (QED) is 0.832. The molecule has 0 radical (unpaired) electrons. The Morgan fingerprint density at radius 3 is 2.67 bits per heavy atom. The van der Waals surface area contributed by atoms with Gasteiger partial charge in [0.2, 0.25) is 5.89 Å². The smallest absolute Gasteiger partial charge is 0.226 e. The number of rotatable bonds is 5. The van der Waals surface area contributed by atoms with Crippen molar-refractivity contribution in [1.82, 2.24) is 4.98 Å². The van der Waals surface area contributed by atoms with Gasteiger partial charge in [-0.25, -0.2) is 4.98 Å². The van der Waals surface area contributed by atoms with Crippen molar-refractivity contribution in [3.63, 3.8) is 0 Å². The topological polar surface area (TPSA) is 43.1 Å². The summed E-state index contributed by atoms with van der Waals surface area (Å²) in [6.07, 6.45) is 8.04. The molecule has 1 aliphatic carbocycles. The molecule has 1 atom stereocenters. The SMILES string of the molecule is O=[S@](Cc1coc(-c2ccccc2)n1)CC1CCCCC1. The Labute approximate surface area is 128 Å². The predicted molar refractivity (Wildman–Crippen MR) is 85.2 cm³/mol. The lowest BCUT2D eigenvalue weighted by molar-refractivity contribution is 0.388. The van der Waals surface area contributed by atoms with Gasteiger partial charge in [0, 0.05) is 22.1 Å². The van der Waals surface area contributed by atoms with Gasteiger partial charge < -0.3 is 4.42 Å². The Morgan fingerprint density at radius 2 is 1.90 bits per heavy atom. The molecule has 0 spiro atoms. The van der Waals surface area contributed by atoms with Crippen LogP contribution < -0.4 is 0 Å². The molecule has 1 aromatic carbocycles. The molecule has 3 rings (SSSR count). The van der Waals surface area contributed by atoms with Crippen molar-refractivity contribution in [3.8, 4) is 11.5 Å². The molecular formula is C17H21NO2S. The number of oxazole rings is 1. The van der Waals surface area contributed by atoms with Gasteiger partial charge in [-0.15, -0.1) is 0 Å². The average molecular weight is 303 g/mol. The second-order valence-electron chi connectivity index (χ2n) is 5.76. The van der Waals surface area contributed by atoms with Crippen LogP contribution in [0.1, 0.15) is 37.8 Å². The lowest BCUT2D eigenvalue weighted by Crippen LogP contribution is -2.15. The molecule has 21 heavy (non-hydrogen) atoms. The first-order chi connectivity index (χ1) is 10.3. The highest BCUT2D eigenvalue weighted by Crippen LogP contribution is 2.25. The Hall–Kier alpha value is -1.42. The lowest BCUT2D eigenvalue weighted by atomic mass is 9.91. The highest BCUT2D eigenvalue weighted by atomic mass is 32.2. The van der Waals surface area contributed by atoms with Crippen molar-refractivity contribution in [2.75, 3.05) is 5.75 Å². The molecule has 0 saturated heterocycles. The third kappa shape index (κ3) is 4.03. The Morgan fingerprint density at radius 1 is 1.14 bits per heavy atom. The van der Waals surface area contributed by atoms with E-state index >= 15 is 0 Å². The van der Waals surface area contributed by atoms with Gasteiger partial charge >= 0.3 is 0 Å². The maximum atomic E-state index is 12.3. The van der Waals surface area contributed by atoms with E-state index in [1.807, 2.05) is 30.3 Å². The van der Waals surface area contributed by atoms with Gasteiger partial charge in [-0.2, -0.15) is 0 Å². The van der Waals surface area contributed by atoms with E-state index < -0.39 is 10.8 Å². The van der Waals surface area contributed by atoms with Crippen LogP contribution >= 0.6 is 0 Å². The van der Waals surface area contributed by atoms with Crippen LogP contribution in [0.25, 0.3) is 11.5 Å². The number of hydrogen-bond donors (Lipinski definition) is 0. The van der Waals surface area contributed by atoms with Crippen LogP contribution in [0.2, 0.25) is 0 Å². The molecule has 112 valence electrons. The minimum absolute atomic E-state index is 0.507. The van der Waals surface area contributed by atoms with Crippen molar-refractivity contribution < 1.29 is 8.63 Å². The first kappa shape index (κ1) is 14.5. The van der Waals surface area contributed by atoms with E-state index in [4.69, 9.17) is 4.42 Å². The Kier molecular flexibility index (Phi) is 4.86. The molecule has 4 heteroatoms. The standard InChI is InChI=1S/C17H21NO2S/c19-21(12-14-7-3-1-4-8-14)13-16-11-20-17(18-16)15-9-5-2-6-10-15/h2,5-6,9-11,14H,1,3-4,7-8,12-13H2/t21-/m0/s1. The molecule has 0 amide bonds. The average Bonchev–Trinajstić information content (AvgIpc) is 2.97. The highest BCUT2D eigenvalue weighted by Gasteiger charge is 2.17. The van der Waals surface area contributed by atoms with Gasteiger partial charge in [0.15, 0.2) is 0 Å². The van der Waals surface area contributed by atoms with Gasteiger partial charge in [-0.3, -0.25) is 4.21 Å². The summed E-state index contributed by atoms with van der Waals surface area (Å²) in [4.78, 5) is 4.45. The van der Waals surface area contributed by atoms with Gasteiger partial charge in [0.1, 0.15) is 6.26 Å². The van der Waals surface area contributed by atoms with E-state index in [2.05, 4.69) is 4.98 Å². The second-order valence-corrected chi connectivity index (χ2v) is 7.27. The monoisotopic (exact) mass is 303 g/mol. The summed E-state index contributed by atoms with van der Waals surface area (Å²) >= 11 is 0. The zero-order valence-corrected chi connectivity index (χ0v) is 13.0. The molecule has 1 saturated carbocycles. The minimum atomic E-state index is -0.834. The summed E-state index contributed by atoms with van der Waals surface area (Å²) < 4.78 is 17.8. The number of benzene rings is 1. The zero-order valence-electron chi connectivity index (χ0n) is 12.2. The Balaban J connectivity index is 1.58. The number of aromatic nitrogens is 1. The van der Waals surface area contributed by atoms with Crippen LogP contribution in [0, 0.1) is 5.92 Å². The fourth-order valence-electron chi connectivity index (χ4n) is 2.93. The molecule has 3 nitrogen and oxygen atoms in total. The van der Waals surface area contributed by atoms with Crippen molar-refractivity contribution in [1.29, 1.82) is 0 Å². The number of nitrogens with zero attached hydrogens (tertiary/aromatic N) is 1. The first-order valence-corrected chi connectivity index (χ1v) is 9.15.